The monoisotopic (exact) mass is 248 g/mol. The molecule has 0 amide bonds. The number of carboxylic acids is 1. The van der Waals surface area contributed by atoms with Gasteiger partial charge < -0.3 is 19.3 Å². The molecular formula is C9H12O8. The van der Waals surface area contributed by atoms with E-state index in [1.165, 1.54) is 0 Å². The van der Waals surface area contributed by atoms with Gasteiger partial charge in [0.2, 0.25) is 12.2 Å². The summed E-state index contributed by atoms with van der Waals surface area (Å²) < 4.78 is 13.1. The lowest BCUT2D eigenvalue weighted by atomic mass is 10.2. The maximum absolute atomic E-state index is 11.2. The van der Waals surface area contributed by atoms with E-state index in [0.717, 1.165) is 21.0 Å². The molecule has 0 spiro atoms. The number of carbonyl (C=O) groups is 4. The molecule has 0 unspecified atom stereocenters. The predicted octanol–water partition coefficient (Wildman–Crippen LogP) is -0.893. The molecule has 2 atom stereocenters. The molecule has 0 rings (SSSR count). The maximum Gasteiger partial charge on any atom is 0.351 e. The van der Waals surface area contributed by atoms with Crippen LogP contribution in [0.2, 0.25) is 0 Å². The van der Waals surface area contributed by atoms with Gasteiger partial charge in [-0.3, -0.25) is 9.59 Å². The first-order chi connectivity index (χ1) is 7.79. The lowest BCUT2D eigenvalue weighted by molar-refractivity contribution is -0.187. The molecule has 0 radical (unpaired) electrons. The second kappa shape index (κ2) is 6.46. The molecule has 0 aliphatic heterocycles. The fraction of sp³-hybridized carbons (Fsp3) is 0.556. The molecule has 0 heterocycles. The van der Waals surface area contributed by atoms with Crippen molar-refractivity contribution in [2.75, 3.05) is 7.11 Å². The lowest BCUT2D eigenvalue weighted by Gasteiger charge is -2.20. The van der Waals surface area contributed by atoms with Crippen LogP contribution in [0, 0.1) is 0 Å². The Hall–Kier alpha value is -2.12. The Labute approximate surface area is 96.4 Å². The van der Waals surface area contributed by atoms with Crippen LogP contribution in [0.4, 0.5) is 0 Å². The van der Waals surface area contributed by atoms with Crippen LogP contribution in [-0.4, -0.2) is 48.3 Å². The van der Waals surface area contributed by atoms with Gasteiger partial charge in [-0.1, -0.05) is 0 Å². The molecular weight excluding hydrogens is 236 g/mol. The van der Waals surface area contributed by atoms with E-state index >= 15 is 0 Å². The third-order valence-corrected chi connectivity index (χ3v) is 1.54. The van der Waals surface area contributed by atoms with Crippen molar-refractivity contribution < 1.29 is 38.5 Å². The Morgan fingerprint density at radius 3 is 1.65 bits per heavy atom. The van der Waals surface area contributed by atoms with E-state index in [1.807, 2.05) is 0 Å². The first kappa shape index (κ1) is 14.9. The summed E-state index contributed by atoms with van der Waals surface area (Å²) in [5, 5.41) is 8.77. The Morgan fingerprint density at radius 1 is 0.941 bits per heavy atom. The van der Waals surface area contributed by atoms with Crippen molar-refractivity contribution in [1.82, 2.24) is 0 Å². The highest BCUT2D eigenvalue weighted by Gasteiger charge is 2.40. The molecule has 0 saturated heterocycles. The zero-order valence-corrected chi connectivity index (χ0v) is 9.46. The molecule has 0 aromatic carbocycles. The van der Waals surface area contributed by atoms with Crippen molar-refractivity contribution in [2.45, 2.75) is 26.1 Å². The van der Waals surface area contributed by atoms with E-state index in [2.05, 4.69) is 14.2 Å². The van der Waals surface area contributed by atoms with Gasteiger partial charge in [0.1, 0.15) is 0 Å². The van der Waals surface area contributed by atoms with Gasteiger partial charge in [-0.25, -0.2) is 9.59 Å². The summed E-state index contributed by atoms with van der Waals surface area (Å²) in [4.78, 5) is 43.4. The van der Waals surface area contributed by atoms with E-state index in [-0.39, 0.29) is 0 Å². The maximum atomic E-state index is 11.2. The van der Waals surface area contributed by atoms with E-state index in [1.54, 1.807) is 0 Å². The molecule has 96 valence electrons. The second-order valence-corrected chi connectivity index (χ2v) is 2.92. The SMILES string of the molecule is COC(=O)[C@@H](OC(C)=O)[C@H](OC(C)=O)C(=O)O. The number of rotatable bonds is 5. The van der Waals surface area contributed by atoms with Crippen molar-refractivity contribution in [3.63, 3.8) is 0 Å². The van der Waals surface area contributed by atoms with Crippen LogP contribution in [0.5, 0.6) is 0 Å². The Bertz CT molecular complexity index is 334. The molecule has 0 aromatic rings. The van der Waals surface area contributed by atoms with Gasteiger partial charge in [-0.05, 0) is 0 Å². The van der Waals surface area contributed by atoms with Gasteiger partial charge in [-0.15, -0.1) is 0 Å². The van der Waals surface area contributed by atoms with Crippen LogP contribution in [0.1, 0.15) is 13.8 Å². The smallest absolute Gasteiger partial charge is 0.351 e. The number of ether oxygens (including phenoxy) is 3. The highest BCUT2D eigenvalue weighted by molar-refractivity contribution is 5.88. The number of esters is 3. The van der Waals surface area contributed by atoms with E-state index in [0.29, 0.717) is 0 Å². The molecule has 8 nitrogen and oxygen atoms in total. The Kier molecular flexibility index (Phi) is 5.65. The minimum absolute atomic E-state index is 0.904. The second-order valence-electron chi connectivity index (χ2n) is 2.92. The summed E-state index contributed by atoms with van der Waals surface area (Å²) in [5.74, 6) is -4.59. The van der Waals surface area contributed by atoms with E-state index in [9.17, 15) is 19.2 Å². The number of carbonyl (C=O) groups excluding carboxylic acids is 3. The topological polar surface area (TPSA) is 116 Å². The van der Waals surface area contributed by atoms with Gasteiger partial charge >= 0.3 is 23.9 Å². The minimum atomic E-state index is -1.94. The van der Waals surface area contributed by atoms with Crippen LogP contribution in [-0.2, 0) is 33.4 Å². The summed E-state index contributed by atoms with van der Waals surface area (Å²) in [7, 11) is 0.978. The highest BCUT2D eigenvalue weighted by Crippen LogP contribution is 2.08. The van der Waals surface area contributed by atoms with Crippen LogP contribution in [0.15, 0.2) is 0 Å². The quantitative estimate of drug-likeness (QED) is 0.491. The minimum Gasteiger partial charge on any atom is -0.478 e. The predicted molar refractivity (Wildman–Crippen MR) is 50.8 cm³/mol. The third-order valence-electron chi connectivity index (χ3n) is 1.54. The number of methoxy groups -OCH3 is 1. The van der Waals surface area contributed by atoms with Gasteiger partial charge in [-0.2, -0.15) is 0 Å². The molecule has 0 saturated carbocycles. The molecule has 0 aromatic heterocycles. The highest BCUT2D eigenvalue weighted by atomic mass is 16.6. The zero-order chi connectivity index (χ0) is 13.6. The summed E-state index contributed by atoms with van der Waals surface area (Å²) in [6.07, 6.45) is -3.78. The van der Waals surface area contributed by atoms with Crippen molar-refractivity contribution in [3.8, 4) is 0 Å². The number of aliphatic carboxylic acids is 1. The number of carboxylic acid groups (broad SMARTS) is 1. The molecule has 0 aliphatic carbocycles. The van der Waals surface area contributed by atoms with Gasteiger partial charge in [0.15, 0.2) is 0 Å². The van der Waals surface area contributed by atoms with Crippen LogP contribution in [0.3, 0.4) is 0 Å². The largest absolute Gasteiger partial charge is 0.478 e. The van der Waals surface area contributed by atoms with Crippen molar-refractivity contribution in [3.05, 3.63) is 0 Å². The van der Waals surface area contributed by atoms with E-state index in [4.69, 9.17) is 5.11 Å². The third kappa shape index (κ3) is 4.96. The molecule has 0 fully saturated rings. The summed E-state index contributed by atoms with van der Waals surface area (Å²) in [6.45, 7) is 1.93. The Morgan fingerprint density at radius 2 is 1.35 bits per heavy atom. The summed E-state index contributed by atoms with van der Waals surface area (Å²) >= 11 is 0. The molecule has 17 heavy (non-hydrogen) atoms. The van der Waals surface area contributed by atoms with Crippen molar-refractivity contribution in [2.24, 2.45) is 0 Å². The van der Waals surface area contributed by atoms with Gasteiger partial charge in [0.05, 0.1) is 7.11 Å². The van der Waals surface area contributed by atoms with Crippen LogP contribution < -0.4 is 0 Å². The zero-order valence-electron chi connectivity index (χ0n) is 9.46. The Balaban J connectivity index is 5.05. The van der Waals surface area contributed by atoms with E-state index < -0.39 is 36.1 Å². The average molecular weight is 248 g/mol. The number of hydrogen-bond donors (Lipinski definition) is 1. The fourth-order valence-corrected chi connectivity index (χ4v) is 0.949. The summed E-state index contributed by atoms with van der Waals surface area (Å²) in [5.41, 5.74) is 0. The van der Waals surface area contributed by atoms with Crippen LogP contribution >= 0.6 is 0 Å². The average Bonchev–Trinajstić information content (AvgIpc) is 2.21. The van der Waals surface area contributed by atoms with Crippen molar-refractivity contribution >= 4 is 23.9 Å². The fourth-order valence-electron chi connectivity index (χ4n) is 0.949. The molecule has 1 N–H and O–H groups in total. The first-order valence-electron chi connectivity index (χ1n) is 4.44. The lowest BCUT2D eigenvalue weighted by Crippen LogP contribution is -2.45. The van der Waals surface area contributed by atoms with Crippen molar-refractivity contribution in [1.29, 1.82) is 0 Å². The first-order valence-corrected chi connectivity index (χ1v) is 4.44. The number of hydrogen-bond acceptors (Lipinski definition) is 7. The molecule has 0 aliphatic rings. The van der Waals surface area contributed by atoms with Gasteiger partial charge in [0.25, 0.3) is 0 Å². The standard InChI is InChI=1S/C9H12O8/c1-4(10)16-6(8(12)13)7(9(14)15-3)17-5(2)11/h6-7H,1-3H3,(H,12,13)/t6-,7-/m0/s1. The van der Waals surface area contributed by atoms with Gasteiger partial charge in [0, 0.05) is 13.8 Å². The summed E-state index contributed by atoms with van der Waals surface area (Å²) in [6, 6.07) is 0. The molecule has 0 bridgehead atoms. The van der Waals surface area contributed by atoms with Crippen LogP contribution in [0.25, 0.3) is 0 Å². The normalized spacial score (nSPS) is 13.1. The molecule has 8 heteroatoms.